The predicted octanol–water partition coefficient (Wildman–Crippen LogP) is 3.25. The van der Waals surface area contributed by atoms with Crippen LogP contribution in [0, 0.1) is 0 Å². The molecule has 2 aromatic rings. The van der Waals surface area contributed by atoms with E-state index in [4.69, 9.17) is 4.74 Å². The van der Waals surface area contributed by atoms with Crippen LogP contribution in [-0.2, 0) is 14.8 Å². The molecular weight excluding hydrogens is 400 g/mol. The molecule has 1 amide bonds. The molecule has 0 bridgehead atoms. The highest BCUT2D eigenvalue weighted by Gasteiger charge is 2.45. The number of nitrogens with zero attached hydrogens (tertiary/aromatic N) is 2. The Morgan fingerprint density at radius 2 is 1.70 bits per heavy atom. The van der Waals surface area contributed by atoms with Crippen molar-refractivity contribution in [2.75, 3.05) is 27.2 Å². The standard InChI is InChI=1S/C23H28N2O4S/c1-24(2)22(26)16-18-17-23(29-21-11-7-6-10-20(18)21)12-14-25(15-13-23)30(27,28)19-8-4-3-5-9-19/h3-11,18H,12-17H2,1-2H3/t18-/m1/s1. The summed E-state index contributed by atoms with van der Waals surface area (Å²) in [6.45, 7) is 0.821. The average Bonchev–Trinajstić information content (AvgIpc) is 2.74. The van der Waals surface area contributed by atoms with Gasteiger partial charge in [0.05, 0.1) is 4.90 Å². The van der Waals surface area contributed by atoms with Gasteiger partial charge in [-0.3, -0.25) is 4.79 Å². The maximum atomic E-state index is 13.0. The van der Waals surface area contributed by atoms with Crippen LogP contribution < -0.4 is 4.74 Å². The Morgan fingerprint density at radius 1 is 1.07 bits per heavy atom. The Labute approximate surface area is 178 Å². The molecule has 1 atom stereocenters. The van der Waals surface area contributed by atoms with Crippen molar-refractivity contribution in [2.24, 2.45) is 0 Å². The first kappa shape index (κ1) is 20.9. The number of hydrogen-bond donors (Lipinski definition) is 0. The van der Waals surface area contributed by atoms with E-state index in [0.717, 1.165) is 17.7 Å². The van der Waals surface area contributed by atoms with Crippen molar-refractivity contribution in [3.8, 4) is 5.75 Å². The molecule has 30 heavy (non-hydrogen) atoms. The van der Waals surface area contributed by atoms with Gasteiger partial charge in [-0.1, -0.05) is 36.4 Å². The summed E-state index contributed by atoms with van der Waals surface area (Å²) in [7, 11) is 0.0435. The molecule has 4 rings (SSSR count). The van der Waals surface area contributed by atoms with Gasteiger partial charge in [0.15, 0.2) is 0 Å². The van der Waals surface area contributed by atoms with Crippen molar-refractivity contribution in [1.82, 2.24) is 9.21 Å². The third kappa shape index (κ3) is 3.96. The van der Waals surface area contributed by atoms with Gasteiger partial charge in [-0.05, 0) is 30.2 Å². The smallest absolute Gasteiger partial charge is 0.243 e. The molecule has 0 N–H and O–H groups in total. The molecule has 2 aliphatic rings. The quantitative estimate of drug-likeness (QED) is 0.750. The first-order valence-electron chi connectivity index (χ1n) is 10.3. The molecule has 6 nitrogen and oxygen atoms in total. The summed E-state index contributed by atoms with van der Waals surface area (Å²) in [6, 6.07) is 16.5. The Balaban J connectivity index is 1.54. The Bertz CT molecular complexity index is 1010. The van der Waals surface area contributed by atoms with Gasteiger partial charge in [0.2, 0.25) is 15.9 Å². The Kier molecular flexibility index (Phi) is 5.59. The fraction of sp³-hybridized carbons (Fsp3) is 0.435. The van der Waals surface area contributed by atoms with E-state index < -0.39 is 15.6 Å². The first-order chi connectivity index (χ1) is 14.3. The number of sulfonamides is 1. The fourth-order valence-corrected chi connectivity index (χ4v) is 5.96. The molecule has 0 unspecified atom stereocenters. The number of amides is 1. The molecule has 0 radical (unpaired) electrons. The van der Waals surface area contributed by atoms with E-state index >= 15 is 0 Å². The first-order valence-corrected chi connectivity index (χ1v) is 11.8. The van der Waals surface area contributed by atoms with Gasteiger partial charge < -0.3 is 9.64 Å². The Hall–Kier alpha value is -2.38. The van der Waals surface area contributed by atoms with Crippen molar-refractivity contribution in [3.05, 3.63) is 60.2 Å². The zero-order chi connectivity index (χ0) is 21.4. The third-order valence-corrected chi connectivity index (χ3v) is 8.15. The molecule has 1 fully saturated rings. The number of carbonyl (C=O) groups excluding carboxylic acids is 1. The SMILES string of the molecule is CN(C)C(=O)C[C@@H]1CC2(CCN(S(=O)(=O)c3ccccc3)CC2)Oc2ccccc21. The largest absolute Gasteiger partial charge is 0.487 e. The maximum Gasteiger partial charge on any atom is 0.243 e. The van der Waals surface area contributed by atoms with Crippen LogP contribution in [0.5, 0.6) is 5.75 Å². The van der Waals surface area contributed by atoms with E-state index in [9.17, 15) is 13.2 Å². The van der Waals surface area contributed by atoms with Gasteiger partial charge in [-0.15, -0.1) is 0 Å². The number of rotatable bonds is 4. The van der Waals surface area contributed by atoms with Crippen LogP contribution in [-0.4, -0.2) is 56.3 Å². The number of benzene rings is 2. The van der Waals surface area contributed by atoms with Crippen LogP contribution >= 0.6 is 0 Å². The highest BCUT2D eigenvalue weighted by Crippen LogP contribution is 2.47. The average molecular weight is 429 g/mol. The van der Waals surface area contributed by atoms with Gasteiger partial charge in [-0.25, -0.2) is 8.42 Å². The lowest BCUT2D eigenvalue weighted by Crippen LogP contribution is -2.52. The van der Waals surface area contributed by atoms with Crippen molar-refractivity contribution in [3.63, 3.8) is 0 Å². The maximum absolute atomic E-state index is 13.0. The lowest BCUT2D eigenvalue weighted by atomic mass is 9.76. The van der Waals surface area contributed by atoms with E-state index in [0.29, 0.717) is 37.2 Å². The minimum absolute atomic E-state index is 0.0714. The minimum Gasteiger partial charge on any atom is -0.487 e. The summed E-state index contributed by atoms with van der Waals surface area (Å²) in [6.07, 6.45) is 2.38. The molecule has 0 aromatic heterocycles. The molecule has 2 heterocycles. The molecule has 2 aliphatic heterocycles. The summed E-state index contributed by atoms with van der Waals surface area (Å²) < 4.78 is 34.0. The van der Waals surface area contributed by atoms with Gasteiger partial charge in [0.1, 0.15) is 11.4 Å². The molecular formula is C23H28N2O4S. The van der Waals surface area contributed by atoms with Gasteiger partial charge in [0, 0.05) is 52.4 Å². The summed E-state index contributed by atoms with van der Waals surface area (Å²) in [4.78, 5) is 14.4. The Morgan fingerprint density at radius 3 is 2.37 bits per heavy atom. The highest BCUT2D eigenvalue weighted by molar-refractivity contribution is 7.89. The van der Waals surface area contributed by atoms with E-state index in [1.54, 1.807) is 47.6 Å². The lowest BCUT2D eigenvalue weighted by Gasteiger charge is -2.46. The van der Waals surface area contributed by atoms with Gasteiger partial charge >= 0.3 is 0 Å². The van der Waals surface area contributed by atoms with Crippen molar-refractivity contribution in [2.45, 2.75) is 42.1 Å². The van der Waals surface area contributed by atoms with E-state index in [-0.39, 0.29) is 11.8 Å². The van der Waals surface area contributed by atoms with Crippen LogP contribution in [0.25, 0.3) is 0 Å². The zero-order valence-corrected chi connectivity index (χ0v) is 18.3. The van der Waals surface area contributed by atoms with Crippen LogP contribution in [0.4, 0.5) is 0 Å². The number of carbonyl (C=O) groups is 1. The number of piperidine rings is 1. The number of hydrogen-bond acceptors (Lipinski definition) is 4. The monoisotopic (exact) mass is 428 g/mol. The molecule has 1 spiro atoms. The second-order valence-corrected chi connectivity index (χ2v) is 10.4. The van der Waals surface area contributed by atoms with E-state index in [1.807, 2.05) is 30.3 Å². The normalized spacial score (nSPS) is 20.9. The third-order valence-electron chi connectivity index (χ3n) is 6.24. The number of ether oxygens (including phenoxy) is 1. The van der Waals surface area contributed by atoms with Gasteiger partial charge in [0.25, 0.3) is 0 Å². The van der Waals surface area contributed by atoms with E-state index in [2.05, 4.69) is 0 Å². The van der Waals surface area contributed by atoms with E-state index in [1.165, 1.54) is 0 Å². The fourth-order valence-electron chi connectivity index (χ4n) is 4.50. The molecule has 0 aliphatic carbocycles. The topological polar surface area (TPSA) is 66.9 Å². The van der Waals surface area contributed by atoms with Crippen molar-refractivity contribution in [1.29, 1.82) is 0 Å². The minimum atomic E-state index is -3.50. The molecule has 7 heteroatoms. The highest BCUT2D eigenvalue weighted by atomic mass is 32.2. The lowest BCUT2D eigenvalue weighted by molar-refractivity contribution is -0.129. The summed E-state index contributed by atoms with van der Waals surface area (Å²) in [5.74, 6) is 0.984. The second-order valence-electron chi connectivity index (χ2n) is 8.43. The molecule has 2 aromatic carbocycles. The molecule has 160 valence electrons. The van der Waals surface area contributed by atoms with Crippen molar-refractivity contribution >= 4 is 15.9 Å². The second kappa shape index (κ2) is 8.04. The number of fused-ring (bicyclic) bond motifs is 1. The van der Waals surface area contributed by atoms with Crippen LogP contribution in [0.1, 0.15) is 37.2 Å². The van der Waals surface area contributed by atoms with Crippen LogP contribution in [0.3, 0.4) is 0 Å². The van der Waals surface area contributed by atoms with Crippen LogP contribution in [0.15, 0.2) is 59.5 Å². The zero-order valence-electron chi connectivity index (χ0n) is 17.5. The summed E-state index contributed by atoms with van der Waals surface area (Å²) >= 11 is 0. The van der Waals surface area contributed by atoms with Crippen LogP contribution in [0.2, 0.25) is 0 Å². The summed E-state index contributed by atoms with van der Waals surface area (Å²) in [5.41, 5.74) is 0.631. The molecule has 1 saturated heterocycles. The van der Waals surface area contributed by atoms with Gasteiger partial charge in [-0.2, -0.15) is 4.31 Å². The predicted molar refractivity (Wildman–Crippen MR) is 115 cm³/mol. The number of para-hydroxylation sites is 1. The van der Waals surface area contributed by atoms with Crippen molar-refractivity contribution < 1.29 is 17.9 Å². The molecule has 0 saturated carbocycles. The summed E-state index contributed by atoms with van der Waals surface area (Å²) in [5, 5.41) is 0.